The smallest absolute Gasteiger partial charge is 0.305 e. The fourth-order valence-corrected chi connectivity index (χ4v) is 3.09. The number of nitrogens with one attached hydrogen (secondary N) is 2. The Morgan fingerprint density at radius 1 is 0.867 bits per heavy atom. The van der Waals surface area contributed by atoms with E-state index >= 15 is 0 Å². The average Bonchev–Trinajstić information content (AvgIpc) is 2.75. The number of rotatable bonds is 7. The monoisotopic (exact) mass is 406 g/mol. The number of hydrogen-bond acceptors (Lipinski definition) is 6. The van der Waals surface area contributed by atoms with Gasteiger partial charge in [-0.15, -0.1) is 0 Å². The van der Waals surface area contributed by atoms with Crippen molar-refractivity contribution in [3.8, 4) is 0 Å². The number of aryl methyl sites for hydroxylation is 1. The van der Waals surface area contributed by atoms with Crippen molar-refractivity contribution in [2.45, 2.75) is 26.2 Å². The topological polar surface area (TPSA) is 102 Å². The number of ketones is 2. The van der Waals surface area contributed by atoms with E-state index in [0.717, 1.165) is 5.56 Å². The van der Waals surface area contributed by atoms with Gasteiger partial charge in [0.2, 0.25) is 17.5 Å². The van der Waals surface area contributed by atoms with Gasteiger partial charge in [0.15, 0.2) is 0 Å². The minimum Gasteiger partial charge on any atom is -0.469 e. The highest BCUT2D eigenvalue weighted by atomic mass is 16.5. The van der Waals surface area contributed by atoms with Crippen LogP contribution in [0.4, 0.5) is 5.69 Å². The zero-order chi connectivity index (χ0) is 21.7. The van der Waals surface area contributed by atoms with Gasteiger partial charge in [0, 0.05) is 29.7 Å². The minimum atomic E-state index is -0.461. The molecular formula is C23H22N2O5. The van der Waals surface area contributed by atoms with Crippen molar-refractivity contribution in [2.24, 2.45) is 0 Å². The number of fused-ring (bicyclic) bond motifs is 1. The normalized spacial score (nSPS) is 13.0. The Labute approximate surface area is 174 Å². The second-order valence-corrected chi connectivity index (χ2v) is 6.92. The van der Waals surface area contributed by atoms with E-state index < -0.39 is 17.7 Å². The van der Waals surface area contributed by atoms with Crippen molar-refractivity contribution < 1.29 is 23.9 Å². The molecule has 154 valence electrons. The largest absolute Gasteiger partial charge is 0.469 e. The van der Waals surface area contributed by atoms with Gasteiger partial charge < -0.3 is 15.4 Å². The van der Waals surface area contributed by atoms with Gasteiger partial charge in [0.25, 0.3) is 0 Å². The summed E-state index contributed by atoms with van der Waals surface area (Å²) in [5.74, 6) is -1.70. The lowest BCUT2D eigenvalue weighted by atomic mass is 9.90. The zero-order valence-corrected chi connectivity index (χ0v) is 16.8. The van der Waals surface area contributed by atoms with Crippen LogP contribution in [0, 0.1) is 6.92 Å². The summed E-state index contributed by atoms with van der Waals surface area (Å²) in [5, 5.41) is 5.56. The maximum Gasteiger partial charge on any atom is 0.305 e. The molecular weight excluding hydrogens is 384 g/mol. The van der Waals surface area contributed by atoms with Gasteiger partial charge in [-0.1, -0.05) is 42.0 Å². The molecule has 0 spiro atoms. The second-order valence-electron chi connectivity index (χ2n) is 6.92. The zero-order valence-electron chi connectivity index (χ0n) is 16.8. The first kappa shape index (κ1) is 21.0. The third-order valence-corrected chi connectivity index (χ3v) is 4.72. The van der Waals surface area contributed by atoms with Gasteiger partial charge in [-0.25, -0.2) is 0 Å². The standard InChI is InChI=1S/C23H22N2O5/c1-14-10-12-15(13-11-14)24-20-21(25-18(26)8-5-9-19(27)30-2)23(29)17-7-4-3-6-16(17)22(20)28/h3-4,6-7,10-13,24H,5,8-9H2,1-2H3,(H,25,26). The van der Waals surface area contributed by atoms with Crippen LogP contribution >= 0.6 is 0 Å². The number of allylic oxidation sites excluding steroid dienone is 2. The quantitative estimate of drug-likeness (QED) is 0.685. The lowest BCUT2D eigenvalue weighted by Gasteiger charge is -2.22. The van der Waals surface area contributed by atoms with E-state index in [9.17, 15) is 19.2 Å². The first-order valence-electron chi connectivity index (χ1n) is 9.53. The molecule has 2 N–H and O–H groups in total. The minimum absolute atomic E-state index is 0.0134. The fourth-order valence-electron chi connectivity index (χ4n) is 3.09. The van der Waals surface area contributed by atoms with Crippen molar-refractivity contribution in [3.05, 3.63) is 76.6 Å². The first-order chi connectivity index (χ1) is 14.4. The maximum absolute atomic E-state index is 13.1. The number of esters is 1. The summed E-state index contributed by atoms with van der Waals surface area (Å²) in [4.78, 5) is 49.7. The van der Waals surface area contributed by atoms with E-state index in [1.54, 1.807) is 36.4 Å². The van der Waals surface area contributed by atoms with Crippen LogP contribution in [0.2, 0.25) is 0 Å². The third-order valence-electron chi connectivity index (χ3n) is 4.72. The Morgan fingerprint density at radius 2 is 1.47 bits per heavy atom. The number of carbonyl (C=O) groups is 4. The highest BCUT2D eigenvalue weighted by Gasteiger charge is 2.33. The van der Waals surface area contributed by atoms with Crippen molar-refractivity contribution >= 4 is 29.1 Å². The molecule has 0 radical (unpaired) electrons. The molecule has 0 saturated heterocycles. The number of anilines is 1. The lowest BCUT2D eigenvalue weighted by Crippen LogP contribution is -2.36. The van der Waals surface area contributed by atoms with Crippen molar-refractivity contribution in [1.82, 2.24) is 5.32 Å². The van der Waals surface area contributed by atoms with Crippen LogP contribution in [0.15, 0.2) is 59.9 Å². The summed E-state index contributed by atoms with van der Waals surface area (Å²) in [7, 11) is 1.28. The number of carbonyl (C=O) groups excluding carboxylic acids is 4. The number of ether oxygens (including phenoxy) is 1. The summed E-state index contributed by atoms with van der Waals surface area (Å²) >= 11 is 0. The molecule has 0 fully saturated rings. The summed E-state index contributed by atoms with van der Waals surface area (Å²) in [6.07, 6.45) is 0.373. The van der Waals surface area contributed by atoms with Crippen LogP contribution in [0.5, 0.6) is 0 Å². The third kappa shape index (κ3) is 4.63. The van der Waals surface area contributed by atoms with Gasteiger partial charge in [-0.05, 0) is 25.5 Å². The van der Waals surface area contributed by atoms with Crippen molar-refractivity contribution in [3.63, 3.8) is 0 Å². The van der Waals surface area contributed by atoms with Crippen LogP contribution in [0.1, 0.15) is 45.5 Å². The Kier molecular flexibility index (Phi) is 6.41. The molecule has 7 heteroatoms. The molecule has 3 rings (SSSR count). The van der Waals surface area contributed by atoms with Gasteiger partial charge >= 0.3 is 5.97 Å². The van der Waals surface area contributed by atoms with Gasteiger partial charge in [0.1, 0.15) is 11.4 Å². The Hall–Kier alpha value is -3.74. The van der Waals surface area contributed by atoms with Gasteiger partial charge in [0.05, 0.1) is 7.11 Å². The predicted molar refractivity (Wildman–Crippen MR) is 111 cm³/mol. The average molecular weight is 406 g/mol. The molecule has 0 heterocycles. The summed E-state index contributed by atoms with van der Waals surface area (Å²) in [6.45, 7) is 1.94. The molecule has 0 aromatic heterocycles. The molecule has 2 aromatic carbocycles. The van der Waals surface area contributed by atoms with E-state index in [1.165, 1.54) is 7.11 Å². The van der Waals surface area contributed by atoms with E-state index in [2.05, 4.69) is 15.4 Å². The van der Waals surface area contributed by atoms with Crippen molar-refractivity contribution in [2.75, 3.05) is 12.4 Å². The van der Waals surface area contributed by atoms with Gasteiger partial charge in [-0.3, -0.25) is 19.2 Å². The first-order valence-corrected chi connectivity index (χ1v) is 9.53. The van der Waals surface area contributed by atoms with Crippen LogP contribution in [-0.2, 0) is 14.3 Å². The van der Waals surface area contributed by atoms with E-state index in [4.69, 9.17) is 0 Å². The number of methoxy groups -OCH3 is 1. The molecule has 1 aliphatic rings. The SMILES string of the molecule is COC(=O)CCCC(=O)NC1=C(Nc2ccc(C)cc2)C(=O)c2ccccc2C1=O. The molecule has 2 aromatic rings. The van der Waals surface area contributed by atoms with E-state index in [-0.39, 0.29) is 47.6 Å². The molecule has 0 aliphatic heterocycles. The molecule has 0 saturated carbocycles. The van der Waals surface area contributed by atoms with Crippen LogP contribution < -0.4 is 10.6 Å². The fraction of sp³-hybridized carbons (Fsp3) is 0.217. The Bertz CT molecular complexity index is 1040. The van der Waals surface area contributed by atoms with Crippen molar-refractivity contribution in [1.29, 1.82) is 0 Å². The number of amides is 1. The van der Waals surface area contributed by atoms with Crippen LogP contribution in [0.25, 0.3) is 0 Å². The summed E-state index contributed by atoms with van der Waals surface area (Å²) < 4.78 is 4.56. The number of hydrogen-bond donors (Lipinski definition) is 2. The number of Topliss-reactive ketones (excluding diaryl/α,β-unsaturated/α-hetero) is 2. The molecule has 0 bridgehead atoms. The van der Waals surface area contributed by atoms with E-state index in [0.29, 0.717) is 5.69 Å². The summed E-state index contributed by atoms with van der Waals surface area (Å²) in [5.41, 5.74) is 2.10. The Morgan fingerprint density at radius 3 is 2.07 bits per heavy atom. The highest BCUT2D eigenvalue weighted by molar-refractivity contribution is 6.28. The maximum atomic E-state index is 13.1. The molecule has 0 unspecified atom stereocenters. The summed E-state index contributed by atoms with van der Waals surface area (Å²) in [6, 6.07) is 13.8. The molecule has 7 nitrogen and oxygen atoms in total. The second kappa shape index (κ2) is 9.17. The highest BCUT2D eigenvalue weighted by Crippen LogP contribution is 2.26. The molecule has 1 aliphatic carbocycles. The van der Waals surface area contributed by atoms with Gasteiger partial charge in [-0.2, -0.15) is 0 Å². The molecule has 1 amide bonds. The predicted octanol–water partition coefficient (Wildman–Crippen LogP) is 3.16. The lowest BCUT2D eigenvalue weighted by molar-refractivity contribution is -0.140. The number of benzene rings is 2. The van der Waals surface area contributed by atoms with E-state index in [1.807, 2.05) is 19.1 Å². The van der Waals surface area contributed by atoms with Crippen LogP contribution in [0.3, 0.4) is 0 Å². The molecule has 30 heavy (non-hydrogen) atoms. The van der Waals surface area contributed by atoms with Crippen LogP contribution in [-0.4, -0.2) is 30.6 Å². The molecule has 0 atom stereocenters. The Balaban J connectivity index is 1.89.